The van der Waals surface area contributed by atoms with E-state index in [2.05, 4.69) is 10.3 Å². The Kier molecular flexibility index (Phi) is 4.63. The van der Waals surface area contributed by atoms with E-state index >= 15 is 0 Å². The molecule has 4 nitrogen and oxygen atoms in total. The van der Waals surface area contributed by atoms with Gasteiger partial charge in [0.15, 0.2) is 0 Å². The van der Waals surface area contributed by atoms with Crippen LogP contribution in [-0.2, 0) is 0 Å². The summed E-state index contributed by atoms with van der Waals surface area (Å²) in [6.45, 7) is 0. The lowest BCUT2D eigenvalue weighted by molar-refractivity contribution is 0.102. The molecule has 104 valence electrons. The summed E-state index contributed by atoms with van der Waals surface area (Å²) >= 11 is 1.64. The molecule has 1 aromatic heterocycles. The van der Waals surface area contributed by atoms with Crippen molar-refractivity contribution in [2.24, 2.45) is 0 Å². The molecule has 0 radical (unpaired) electrons. The second kappa shape index (κ2) is 6.43. The van der Waals surface area contributed by atoms with Crippen molar-refractivity contribution in [3.63, 3.8) is 0 Å². The molecule has 0 saturated carbocycles. The Morgan fingerprint density at radius 3 is 2.75 bits per heavy atom. The van der Waals surface area contributed by atoms with Crippen molar-refractivity contribution in [1.29, 1.82) is 0 Å². The molecule has 2 rings (SSSR count). The van der Waals surface area contributed by atoms with Crippen molar-refractivity contribution in [2.75, 3.05) is 30.6 Å². The number of rotatable bonds is 4. The summed E-state index contributed by atoms with van der Waals surface area (Å²) in [7, 11) is 3.79. The molecule has 0 saturated heterocycles. The number of hydrogen-bond acceptors (Lipinski definition) is 4. The Bertz CT molecular complexity index is 614. The molecule has 1 N–H and O–H groups in total. The maximum Gasteiger partial charge on any atom is 0.255 e. The number of aromatic nitrogens is 1. The molecule has 0 fully saturated rings. The van der Waals surface area contributed by atoms with Gasteiger partial charge in [0.05, 0.1) is 0 Å². The highest BCUT2D eigenvalue weighted by atomic mass is 32.2. The molecule has 0 atom stereocenters. The largest absolute Gasteiger partial charge is 0.363 e. The number of amides is 1. The Hall–Kier alpha value is -2.01. The van der Waals surface area contributed by atoms with Gasteiger partial charge in [0.1, 0.15) is 5.82 Å². The van der Waals surface area contributed by atoms with Crippen molar-refractivity contribution in [3.05, 3.63) is 48.2 Å². The molecule has 1 heterocycles. The van der Waals surface area contributed by atoms with Crippen LogP contribution in [0, 0.1) is 0 Å². The zero-order valence-electron chi connectivity index (χ0n) is 11.8. The molecule has 0 aliphatic rings. The quantitative estimate of drug-likeness (QED) is 0.878. The first kappa shape index (κ1) is 14.4. The average Bonchev–Trinajstić information content (AvgIpc) is 2.47. The maximum absolute atomic E-state index is 12.2. The highest BCUT2D eigenvalue weighted by Gasteiger charge is 2.08. The standard InChI is InChI=1S/C15H17N3OS/c1-18(2)14-9-11(7-8-16-14)15(19)17-12-5-4-6-13(10-12)20-3/h4-10H,1-3H3,(H,17,19). The Morgan fingerprint density at radius 1 is 1.25 bits per heavy atom. The number of hydrogen-bond donors (Lipinski definition) is 1. The highest BCUT2D eigenvalue weighted by Crippen LogP contribution is 2.20. The lowest BCUT2D eigenvalue weighted by Gasteiger charge is -2.12. The summed E-state index contributed by atoms with van der Waals surface area (Å²) in [5.74, 6) is 0.629. The SMILES string of the molecule is CSc1cccc(NC(=O)c2ccnc(N(C)C)c2)c1. The first-order valence-corrected chi connectivity index (χ1v) is 7.41. The van der Waals surface area contributed by atoms with Crippen LogP contribution < -0.4 is 10.2 Å². The number of nitrogens with one attached hydrogen (secondary N) is 1. The van der Waals surface area contributed by atoms with Crippen LogP contribution in [0.2, 0.25) is 0 Å². The van der Waals surface area contributed by atoms with Crippen molar-refractivity contribution in [1.82, 2.24) is 4.98 Å². The van der Waals surface area contributed by atoms with Crippen molar-refractivity contribution >= 4 is 29.2 Å². The number of anilines is 2. The van der Waals surface area contributed by atoms with Gasteiger partial charge in [-0.05, 0) is 36.6 Å². The van der Waals surface area contributed by atoms with E-state index < -0.39 is 0 Å². The van der Waals surface area contributed by atoms with Gasteiger partial charge in [0.2, 0.25) is 0 Å². The fourth-order valence-corrected chi connectivity index (χ4v) is 2.17. The van der Waals surface area contributed by atoms with Gasteiger partial charge < -0.3 is 10.2 Å². The van der Waals surface area contributed by atoms with Crippen molar-refractivity contribution in [2.45, 2.75) is 4.90 Å². The van der Waals surface area contributed by atoms with Gasteiger partial charge in [-0.3, -0.25) is 4.79 Å². The zero-order chi connectivity index (χ0) is 14.5. The van der Waals surface area contributed by atoms with Crippen molar-refractivity contribution < 1.29 is 4.79 Å². The van der Waals surface area contributed by atoms with Crippen LogP contribution >= 0.6 is 11.8 Å². The van der Waals surface area contributed by atoms with E-state index in [1.807, 2.05) is 49.5 Å². The molecule has 2 aromatic rings. The Labute approximate surface area is 123 Å². The summed E-state index contributed by atoms with van der Waals surface area (Å²) in [5.41, 5.74) is 1.39. The minimum Gasteiger partial charge on any atom is -0.363 e. The zero-order valence-corrected chi connectivity index (χ0v) is 12.6. The number of benzene rings is 1. The van der Waals surface area contributed by atoms with Gasteiger partial charge in [-0.25, -0.2) is 4.98 Å². The van der Waals surface area contributed by atoms with Crippen LogP contribution in [-0.4, -0.2) is 31.2 Å². The fraction of sp³-hybridized carbons (Fsp3) is 0.200. The van der Waals surface area contributed by atoms with Gasteiger partial charge in [-0.1, -0.05) is 6.07 Å². The van der Waals surface area contributed by atoms with E-state index in [1.54, 1.807) is 30.1 Å². The predicted molar refractivity (Wildman–Crippen MR) is 84.7 cm³/mol. The molecule has 1 amide bonds. The van der Waals surface area contributed by atoms with E-state index in [9.17, 15) is 4.79 Å². The van der Waals surface area contributed by atoms with Crippen LogP contribution in [0.15, 0.2) is 47.5 Å². The average molecular weight is 287 g/mol. The minimum atomic E-state index is -0.131. The smallest absolute Gasteiger partial charge is 0.255 e. The first-order valence-electron chi connectivity index (χ1n) is 6.19. The number of thioether (sulfide) groups is 1. The van der Waals surface area contributed by atoms with Gasteiger partial charge in [-0.2, -0.15) is 0 Å². The van der Waals surface area contributed by atoms with E-state index in [4.69, 9.17) is 0 Å². The van der Waals surface area contributed by atoms with Crippen LogP contribution in [0.3, 0.4) is 0 Å². The first-order chi connectivity index (χ1) is 9.60. The van der Waals surface area contributed by atoms with Crippen LogP contribution in [0.1, 0.15) is 10.4 Å². The summed E-state index contributed by atoms with van der Waals surface area (Å²) in [4.78, 5) is 19.4. The van der Waals surface area contributed by atoms with Gasteiger partial charge >= 0.3 is 0 Å². The van der Waals surface area contributed by atoms with E-state index in [-0.39, 0.29) is 5.91 Å². The van der Waals surface area contributed by atoms with E-state index in [0.717, 1.165) is 16.4 Å². The molecular formula is C15H17N3OS. The number of carbonyl (C=O) groups is 1. The van der Waals surface area contributed by atoms with E-state index in [0.29, 0.717) is 5.56 Å². The van der Waals surface area contributed by atoms with Crippen molar-refractivity contribution in [3.8, 4) is 0 Å². The monoisotopic (exact) mass is 287 g/mol. The third-order valence-electron chi connectivity index (χ3n) is 2.79. The summed E-state index contributed by atoms with van der Waals surface area (Å²) in [6, 6.07) is 11.3. The highest BCUT2D eigenvalue weighted by molar-refractivity contribution is 7.98. The third-order valence-corrected chi connectivity index (χ3v) is 3.52. The summed E-state index contributed by atoms with van der Waals surface area (Å²) in [6.07, 6.45) is 3.65. The summed E-state index contributed by atoms with van der Waals surface area (Å²) < 4.78 is 0. The van der Waals surface area contributed by atoms with Crippen LogP contribution in [0.4, 0.5) is 11.5 Å². The number of pyridine rings is 1. The maximum atomic E-state index is 12.2. The predicted octanol–water partition coefficient (Wildman–Crippen LogP) is 3.12. The lowest BCUT2D eigenvalue weighted by atomic mass is 10.2. The molecule has 0 bridgehead atoms. The van der Waals surface area contributed by atoms with Crippen LogP contribution in [0.5, 0.6) is 0 Å². The topological polar surface area (TPSA) is 45.2 Å². The molecule has 1 aromatic carbocycles. The number of nitrogens with zero attached hydrogens (tertiary/aromatic N) is 2. The second-order valence-corrected chi connectivity index (χ2v) is 5.36. The molecular weight excluding hydrogens is 270 g/mol. The second-order valence-electron chi connectivity index (χ2n) is 4.48. The number of carbonyl (C=O) groups excluding carboxylic acids is 1. The normalized spacial score (nSPS) is 10.2. The fourth-order valence-electron chi connectivity index (χ4n) is 1.71. The third kappa shape index (κ3) is 3.51. The lowest BCUT2D eigenvalue weighted by Crippen LogP contribution is -2.15. The van der Waals surface area contributed by atoms with Gasteiger partial charge in [0.25, 0.3) is 5.91 Å². The van der Waals surface area contributed by atoms with E-state index in [1.165, 1.54) is 0 Å². The van der Waals surface area contributed by atoms with Gasteiger partial charge in [-0.15, -0.1) is 11.8 Å². The molecule has 5 heteroatoms. The Morgan fingerprint density at radius 2 is 2.05 bits per heavy atom. The molecule has 0 unspecified atom stereocenters. The van der Waals surface area contributed by atoms with Gasteiger partial charge in [0, 0.05) is 36.4 Å². The Balaban J connectivity index is 2.17. The van der Waals surface area contributed by atoms with Crippen LogP contribution in [0.25, 0.3) is 0 Å². The molecule has 20 heavy (non-hydrogen) atoms. The molecule has 0 aliphatic heterocycles. The minimum absolute atomic E-state index is 0.131. The summed E-state index contributed by atoms with van der Waals surface area (Å²) in [5, 5.41) is 2.90. The molecule has 0 aliphatic carbocycles. The molecule has 0 spiro atoms.